The van der Waals surface area contributed by atoms with E-state index in [1.54, 1.807) is 6.20 Å². The SMILES string of the molecule is C[C@@H]1COCCN1c1cc(-c2ccn(-c3ccccc3)c2)c2ccnc(-c3ccn[nH]3)c2n1. The lowest BCUT2D eigenvalue weighted by atomic mass is 10.0. The van der Waals surface area contributed by atoms with Gasteiger partial charge in [-0.2, -0.15) is 5.10 Å². The van der Waals surface area contributed by atoms with Gasteiger partial charge in [0, 0.05) is 48.0 Å². The van der Waals surface area contributed by atoms with Gasteiger partial charge in [0.05, 0.1) is 24.9 Å². The Bertz CT molecular complexity index is 1390. The third-order valence-electron chi connectivity index (χ3n) is 6.19. The van der Waals surface area contributed by atoms with Gasteiger partial charge in [-0.05, 0) is 48.9 Å². The number of aromatic amines is 1. The van der Waals surface area contributed by atoms with Crippen LogP contribution in [0, 0.1) is 0 Å². The van der Waals surface area contributed by atoms with Crippen molar-refractivity contribution in [2.45, 2.75) is 13.0 Å². The largest absolute Gasteiger partial charge is 0.377 e. The summed E-state index contributed by atoms with van der Waals surface area (Å²) >= 11 is 0. The number of para-hydroxylation sites is 1. The number of aromatic nitrogens is 5. The summed E-state index contributed by atoms with van der Waals surface area (Å²) in [5.41, 5.74) is 5.91. The number of morpholine rings is 1. The minimum atomic E-state index is 0.248. The fourth-order valence-electron chi connectivity index (χ4n) is 4.49. The molecule has 1 saturated heterocycles. The zero-order valence-electron chi connectivity index (χ0n) is 18.3. The number of nitrogens with zero attached hydrogens (tertiary/aromatic N) is 5. The topological polar surface area (TPSA) is 71.9 Å². The highest BCUT2D eigenvalue weighted by molar-refractivity contribution is 6.01. The van der Waals surface area contributed by atoms with E-state index in [2.05, 4.69) is 80.4 Å². The summed E-state index contributed by atoms with van der Waals surface area (Å²) in [6.07, 6.45) is 7.86. The van der Waals surface area contributed by atoms with E-state index in [0.29, 0.717) is 13.2 Å². The summed E-state index contributed by atoms with van der Waals surface area (Å²) in [5.74, 6) is 0.939. The summed E-state index contributed by atoms with van der Waals surface area (Å²) in [5, 5.41) is 8.23. The van der Waals surface area contributed by atoms with E-state index in [0.717, 1.165) is 51.5 Å². The molecule has 1 atom stereocenters. The van der Waals surface area contributed by atoms with Crippen molar-refractivity contribution in [2.75, 3.05) is 24.7 Å². The zero-order valence-corrected chi connectivity index (χ0v) is 18.3. The van der Waals surface area contributed by atoms with Gasteiger partial charge in [0.1, 0.15) is 17.0 Å². The number of anilines is 1. The molecular weight excluding hydrogens is 412 g/mol. The Morgan fingerprint density at radius 3 is 2.79 bits per heavy atom. The van der Waals surface area contributed by atoms with Crippen LogP contribution in [0.25, 0.3) is 39.1 Å². The molecule has 1 aliphatic rings. The van der Waals surface area contributed by atoms with Gasteiger partial charge in [-0.15, -0.1) is 0 Å². The molecule has 1 N–H and O–H groups in total. The lowest BCUT2D eigenvalue weighted by Crippen LogP contribution is -2.44. The van der Waals surface area contributed by atoms with Crippen molar-refractivity contribution in [3.8, 4) is 28.2 Å². The molecule has 0 radical (unpaired) electrons. The number of hydrogen-bond acceptors (Lipinski definition) is 5. The van der Waals surface area contributed by atoms with Crippen molar-refractivity contribution in [3.05, 3.63) is 79.4 Å². The van der Waals surface area contributed by atoms with Crippen molar-refractivity contribution >= 4 is 16.7 Å². The molecule has 1 fully saturated rings. The summed E-state index contributed by atoms with van der Waals surface area (Å²) in [6.45, 7) is 4.38. The number of H-pyrrole nitrogens is 1. The molecule has 164 valence electrons. The van der Waals surface area contributed by atoms with Gasteiger partial charge >= 0.3 is 0 Å². The predicted octanol–water partition coefficient (Wildman–Crippen LogP) is 4.70. The molecule has 0 amide bonds. The van der Waals surface area contributed by atoms with Crippen molar-refractivity contribution in [2.24, 2.45) is 0 Å². The molecule has 6 rings (SSSR count). The van der Waals surface area contributed by atoms with Crippen LogP contribution in [0.2, 0.25) is 0 Å². The van der Waals surface area contributed by atoms with E-state index in [1.165, 1.54) is 0 Å². The molecule has 5 heterocycles. The predicted molar refractivity (Wildman–Crippen MR) is 130 cm³/mol. The number of benzene rings is 1. The standard InChI is InChI=1S/C26H24N6O/c1-18-17-33-14-13-32(18)24-15-22(19-9-12-31(16-19)20-5-3-2-4-6-20)21-7-10-27-26(25(21)29-24)23-8-11-28-30-23/h2-12,15-16,18H,13-14,17H2,1H3,(H,28,30)/t18-/m1/s1. The van der Waals surface area contributed by atoms with E-state index in [4.69, 9.17) is 9.72 Å². The highest BCUT2D eigenvalue weighted by Gasteiger charge is 2.23. The van der Waals surface area contributed by atoms with Crippen LogP contribution in [0.15, 0.2) is 79.4 Å². The molecule has 0 unspecified atom stereocenters. The van der Waals surface area contributed by atoms with Crippen molar-refractivity contribution in [1.29, 1.82) is 0 Å². The van der Waals surface area contributed by atoms with E-state index in [-0.39, 0.29) is 6.04 Å². The first-order valence-electron chi connectivity index (χ1n) is 11.2. The average Bonchev–Trinajstić information content (AvgIpc) is 3.57. The lowest BCUT2D eigenvalue weighted by Gasteiger charge is -2.34. The van der Waals surface area contributed by atoms with E-state index in [9.17, 15) is 0 Å². The van der Waals surface area contributed by atoms with Crippen LogP contribution in [-0.2, 0) is 4.74 Å². The Balaban J connectivity index is 1.56. The molecule has 5 aromatic rings. The number of hydrogen-bond donors (Lipinski definition) is 1. The van der Waals surface area contributed by atoms with Crippen LogP contribution in [0.4, 0.5) is 5.82 Å². The molecule has 7 nitrogen and oxygen atoms in total. The second-order valence-electron chi connectivity index (χ2n) is 8.31. The molecule has 33 heavy (non-hydrogen) atoms. The Morgan fingerprint density at radius 2 is 1.97 bits per heavy atom. The second-order valence-corrected chi connectivity index (χ2v) is 8.31. The van der Waals surface area contributed by atoms with Crippen molar-refractivity contribution < 1.29 is 4.74 Å². The number of pyridine rings is 2. The van der Waals surface area contributed by atoms with Gasteiger partial charge in [0.2, 0.25) is 0 Å². The first-order chi connectivity index (χ1) is 16.3. The van der Waals surface area contributed by atoms with Gasteiger partial charge in [0.15, 0.2) is 0 Å². The van der Waals surface area contributed by atoms with Gasteiger partial charge in [-0.1, -0.05) is 18.2 Å². The van der Waals surface area contributed by atoms with Crippen molar-refractivity contribution in [3.63, 3.8) is 0 Å². The van der Waals surface area contributed by atoms with Crippen LogP contribution in [0.3, 0.4) is 0 Å². The first kappa shape index (κ1) is 19.7. The fourth-order valence-corrected chi connectivity index (χ4v) is 4.49. The van der Waals surface area contributed by atoms with E-state index in [1.807, 2.05) is 24.4 Å². The van der Waals surface area contributed by atoms with Crippen LogP contribution in [-0.4, -0.2) is 50.5 Å². The minimum absolute atomic E-state index is 0.248. The van der Waals surface area contributed by atoms with Crippen LogP contribution < -0.4 is 4.90 Å². The number of nitrogens with one attached hydrogen (secondary N) is 1. The Labute approximate surface area is 191 Å². The third-order valence-corrected chi connectivity index (χ3v) is 6.19. The Morgan fingerprint density at radius 1 is 1.06 bits per heavy atom. The number of ether oxygens (including phenoxy) is 1. The number of rotatable bonds is 4. The lowest BCUT2D eigenvalue weighted by molar-refractivity contribution is 0.0986. The van der Waals surface area contributed by atoms with Crippen LogP contribution in [0.5, 0.6) is 0 Å². The average molecular weight is 437 g/mol. The maximum atomic E-state index is 5.67. The number of fused-ring (bicyclic) bond motifs is 1. The van der Waals surface area contributed by atoms with Gasteiger partial charge in [-0.25, -0.2) is 4.98 Å². The molecular formula is C26H24N6O. The first-order valence-corrected chi connectivity index (χ1v) is 11.2. The van der Waals surface area contributed by atoms with Crippen molar-refractivity contribution in [1.82, 2.24) is 24.7 Å². The van der Waals surface area contributed by atoms with Crippen LogP contribution >= 0.6 is 0 Å². The zero-order chi connectivity index (χ0) is 22.2. The highest BCUT2D eigenvalue weighted by atomic mass is 16.5. The van der Waals surface area contributed by atoms with Gasteiger partial charge in [0.25, 0.3) is 0 Å². The molecule has 7 heteroatoms. The molecule has 1 aliphatic heterocycles. The molecule has 0 saturated carbocycles. The molecule has 0 bridgehead atoms. The van der Waals surface area contributed by atoms with Crippen LogP contribution in [0.1, 0.15) is 6.92 Å². The molecule has 4 aromatic heterocycles. The smallest absolute Gasteiger partial charge is 0.130 e. The van der Waals surface area contributed by atoms with Gasteiger partial charge in [-0.3, -0.25) is 10.1 Å². The monoisotopic (exact) mass is 436 g/mol. The quantitative estimate of drug-likeness (QED) is 0.442. The van der Waals surface area contributed by atoms with E-state index < -0.39 is 0 Å². The highest BCUT2D eigenvalue weighted by Crippen LogP contribution is 2.36. The fraction of sp³-hybridized carbons (Fsp3) is 0.192. The maximum Gasteiger partial charge on any atom is 0.130 e. The molecule has 0 spiro atoms. The summed E-state index contributed by atoms with van der Waals surface area (Å²) in [6, 6.07) is 18.9. The van der Waals surface area contributed by atoms with E-state index >= 15 is 0 Å². The molecule has 1 aromatic carbocycles. The third kappa shape index (κ3) is 3.56. The normalized spacial score (nSPS) is 16.4. The molecule has 0 aliphatic carbocycles. The van der Waals surface area contributed by atoms with Gasteiger partial charge < -0.3 is 14.2 Å². The summed E-state index contributed by atoms with van der Waals surface area (Å²) in [4.78, 5) is 12.1. The minimum Gasteiger partial charge on any atom is -0.377 e. The maximum absolute atomic E-state index is 5.67. The Hall–Kier alpha value is -3.97. The Kier molecular flexibility index (Phi) is 4.88. The summed E-state index contributed by atoms with van der Waals surface area (Å²) < 4.78 is 7.82. The second kappa shape index (κ2) is 8.18. The summed E-state index contributed by atoms with van der Waals surface area (Å²) in [7, 11) is 0.